The third-order valence-corrected chi connectivity index (χ3v) is 11.6. The number of ether oxygens (including phenoxy) is 1. The predicted octanol–water partition coefficient (Wildman–Crippen LogP) is 6.48. The number of rotatable bonds is 9. The van der Waals surface area contributed by atoms with E-state index in [9.17, 15) is 9.00 Å². The SMILES string of the molecule is C=S(=O)(c1ccc(SN(CCC(=O)OC(C)(C)C)c2cccc(C)c2N2CCC(C)(C)CC2)s1)N(C)C. The Morgan fingerprint density at radius 2 is 1.84 bits per heavy atom. The van der Waals surface area contributed by atoms with Gasteiger partial charge in [0.1, 0.15) is 5.60 Å². The molecule has 1 saturated heterocycles. The highest BCUT2D eigenvalue weighted by molar-refractivity contribution is 8.03. The molecule has 1 aromatic carbocycles. The van der Waals surface area contributed by atoms with Crippen LogP contribution in [-0.2, 0) is 19.2 Å². The third kappa shape index (κ3) is 7.91. The number of thiophene rings is 1. The maximum Gasteiger partial charge on any atom is 0.308 e. The van der Waals surface area contributed by atoms with Crippen LogP contribution in [0.1, 0.15) is 59.4 Å². The molecule has 9 heteroatoms. The molecule has 0 saturated carbocycles. The fraction of sp³-hybridized carbons (Fsp3) is 0.571. The van der Waals surface area contributed by atoms with Gasteiger partial charge in [-0.15, -0.1) is 11.3 Å². The molecule has 3 rings (SSSR count). The van der Waals surface area contributed by atoms with Crippen molar-refractivity contribution in [3.8, 4) is 0 Å². The van der Waals surface area contributed by atoms with Gasteiger partial charge in [0.25, 0.3) is 0 Å². The number of hydrogen-bond acceptors (Lipinski definition) is 7. The molecular formula is C28H43N3O3S3. The molecule has 1 aliphatic heterocycles. The predicted molar refractivity (Wildman–Crippen MR) is 162 cm³/mol. The van der Waals surface area contributed by atoms with Gasteiger partial charge in [0.2, 0.25) is 0 Å². The average molecular weight is 566 g/mol. The molecule has 0 spiro atoms. The van der Waals surface area contributed by atoms with Crippen molar-refractivity contribution in [1.82, 2.24) is 4.31 Å². The number of benzene rings is 1. The van der Waals surface area contributed by atoms with Gasteiger partial charge in [-0.1, -0.05) is 26.0 Å². The first-order valence-corrected chi connectivity index (χ1v) is 16.0. The Hall–Kier alpha value is -1.68. The Kier molecular flexibility index (Phi) is 9.36. The maximum atomic E-state index is 13.1. The minimum atomic E-state index is -2.51. The van der Waals surface area contributed by atoms with E-state index in [1.165, 1.54) is 22.6 Å². The van der Waals surface area contributed by atoms with Crippen LogP contribution in [0.2, 0.25) is 0 Å². The summed E-state index contributed by atoms with van der Waals surface area (Å²) in [5.41, 5.74) is 3.37. The molecule has 206 valence electrons. The summed E-state index contributed by atoms with van der Waals surface area (Å²) in [5.74, 6) is 3.74. The minimum absolute atomic E-state index is 0.215. The molecule has 0 aliphatic carbocycles. The Bertz CT molecular complexity index is 1190. The van der Waals surface area contributed by atoms with Gasteiger partial charge in [-0.05, 0) is 102 Å². The largest absolute Gasteiger partial charge is 0.460 e. The molecule has 0 amide bonds. The number of nitrogens with zero attached hydrogens (tertiary/aromatic N) is 3. The Morgan fingerprint density at radius 1 is 1.19 bits per heavy atom. The second kappa shape index (κ2) is 11.6. The van der Waals surface area contributed by atoms with Gasteiger partial charge in [0.05, 0.1) is 35.9 Å². The van der Waals surface area contributed by atoms with Gasteiger partial charge < -0.3 is 13.9 Å². The molecule has 0 bridgehead atoms. The summed E-state index contributed by atoms with van der Waals surface area (Å²) >= 11 is 3.08. The average Bonchev–Trinajstić information content (AvgIpc) is 3.25. The van der Waals surface area contributed by atoms with Crippen LogP contribution in [0, 0.1) is 12.3 Å². The number of esters is 1. The van der Waals surface area contributed by atoms with Gasteiger partial charge in [-0.3, -0.25) is 4.79 Å². The van der Waals surface area contributed by atoms with E-state index in [-0.39, 0.29) is 12.4 Å². The number of para-hydroxylation sites is 1. The highest BCUT2D eigenvalue weighted by Crippen LogP contribution is 2.43. The van der Waals surface area contributed by atoms with E-state index >= 15 is 0 Å². The number of aryl methyl sites for hydroxylation is 1. The van der Waals surface area contributed by atoms with Gasteiger partial charge in [-0.2, -0.15) is 0 Å². The fourth-order valence-electron chi connectivity index (χ4n) is 4.20. The van der Waals surface area contributed by atoms with E-state index in [0.717, 1.165) is 40.0 Å². The molecule has 1 aliphatic rings. The van der Waals surface area contributed by atoms with Crippen molar-refractivity contribution in [2.24, 2.45) is 5.41 Å². The summed E-state index contributed by atoms with van der Waals surface area (Å²) in [7, 11) is 1.06. The molecule has 1 fully saturated rings. The molecule has 0 N–H and O–H groups in total. The summed E-state index contributed by atoms with van der Waals surface area (Å²) in [4.78, 5) is 15.2. The van der Waals surface area contributed by atoms with Crippen LogP contribution in [-0.4, -0.2) is 59.7 Å². The van der Waals surface area contributed by atoms with Crippen LogP contribution >= 0.6 is 23.3 Å². The molecule has 1 unspecified atom stereocenters. The summed E-state index contributed by atoms with van der Waals surface area (Å²) in [6.07, 6.45) is 2.55. The van der Waals surface area contributed by atoms with Gasteiger partial charge in [-0.25, -0.2) is 8.51 Å². The van der Waals surface area contributed by atoms with Crippen LogP contribution in [0.25, 0.3) is 0 Å². The summed E-state index contributed by atoms with van der Waals surface area (Å²) in [6.45, 7) is 15.0. The van der Waals surface area contributed by atoms with E-state index < -0.39 is 15.3 Å². The van der Waals surface area contributed by atoms with Crippen molar-refractivity contribution in [3.05, 3.63) is 35.9 Å². The zero-order chi connectivity index (χ0) is 27.6. The molecule has 0 radical (unpaired) electrons. The van der Waals surface area contributed by atoms with Crippen LogP contribution in [0.3, 0.4) is 0 Å². The Balaban J connectivity index is 1.94. The molecule has 37 heavy (non-hydrogen) atoms. The second-order valence-corrected chi connectivity index (χ2v) is 16.8. The lowest BCUT2D eigenvalue weighted by Crippen LogP contribution is -2.38. The van der Waals surface area contributed by atoms with Crippen molar-refractivity contribution in [2.45, 2.75) is 74.8 Å². The summed E-state index contributed by atoms with van der Waals surface area (Å²) < 4.78 is 24.3. The van der Waals surface area contributed by atoms with Crippen LogP contribution < -0.4 is 9.21 Å². The van der Waals surface area contributed by atoms with E-state index in [1.807, 2.05) is 32.9 Å². The second-order valence-electron chi connectivity index (χ2n) is 11.7. The normalized spacial score (nSPS) is 17.5. The Morgan fingerprint density at radius 3 is 2.43 bits per heavy atom. The molecule has 1 aromatic heterocycles. The van der Waals surface area contributed by atoms with Crippen LogP contribution in [0.4, 0.5) is 11.4 Å². The molecule has 1 atom stereocenters. The zero-order valence-corrected chi connectivity index (χ0v) is 26.1. The smallest absolute Gasteiger partial charge is 0.308 e. The molecule has 2 heterocycles. The molecule has 6 nitrogen and oxygen atoms in total. The van der Waals surface area contributed by atoms with Crippen molar-refractivity contribution in [2.75, 3.05) is 42.9 Å². The monoisotopic (exact) mass is 565 g/mol. The van der Waals surface area contributed by atoms with Gasteiger partial charge in [0, 0.05) is 19.6 Å². The lowest BCUT2D eigenvalue weighted by atomic mass is 9.82. The third-order valence-electron chi connectivity index (χ3n) is 6.52. The summed E-state index contributed by atoms with van der Waals surface area (Å²) in [5, 5.41) is 0. The quantitative estimate of drug-likeness (QED) is 0.197. The number of carbonyl (C=O) groups excluding carboxylic acids is 1. The van der Waals surface area contributed by atoms with E-state index in [2.05, 4.69) is 54.0 Å². The van der Waals surface area contributed by atoms with Crippen LogP contribution in [0.5, 0.6) is 0 Å². The zero-order valence-electron chi connectivity index (χ0n) is 23.6. The molecular weight excluding hydrogens is 523 g/mol. The first-order valence-electron chi connectivity index (χ1n) is 12.8. The number of piperidine rings is 1. The van der Waals surface area contributed by atoms with E-state index in [4.69, 9.17) is 4.74 Å². The summed E-state index contributed by atoms with van der Waals surface area (Å²) in [6, 6.07) is 10.3. The highest BCUT2D eigenvalue weighted by Gasteiger charge is 2.29. The van der Waals surface area contributed by atoms with Crippen molar-refractivity contribution in [1.29, 1.82) is 0 Å². The first-order chi connectivity index (χ1) is 17.1. The molecule has 2 aromatic rings. The number of anilines is 2. The lowest BCUT2D eigenvalue weighted by molar-refractivity contribution is -0.154. The number of carbonyl (C=O) groups is 1. The lowest BCUT2D eigenvalue weighted by Gasteiger charge is -2.40. The highest BCUT2D eigenvalue weighted by atomic mass is 32.2. The fourth-order valence-corrected chi connectivity index (χ4v) is 8.17. The van der Waals surface area contributed by atoms with Crippen LogP contribution in [0.15, 0.2) is 38.8 Å². The van der Waals surface area contributed by atoms with E-state index in [1.54, 1.807) is 30.3 Å². The van der Waals surface area contributed by atoms with Crippen molar-refractivity contribution < 1.29 is 13.7 Å². The number of hydrogen-bond donors (Lipinski definition) is 0. The van der Waals surface area contributed by atoms with Crippen molar-refractivity contribution in [3.63, 3.8) is 0 Å². The maximum absolute atomic E-state index is 13.1. The van der Waals surface area contributed by atoms with Gasteiger partial charge in [0.15, 0.2) is 0 Å². The van der Waals surface area contributed by atoms with Crippen molar-refractivity contribution >= 4 is 56.2 Å². The standard InChI is InChI=1S/C28H43N3O3S3/c1-21-11-10-12-22(26(21)30-19-16-28(5,6)17-20-30)31(18-15-23(32)34-27(2,3)4)36-24-13-14-25(35-24)37(9,33)29(7)8/h10-14H,9,15-20H2,1-8H3. The van der Waals surface area contributed by atoms with Gasteiger partial charge >= 0.3 is 5.97 Å². The first kappa shape index (κ1) is 29.9. The minimum Gasteiger partial charge on any atom is -0.460 e. The topological polar surface area (TPSA) is 53.1 Å². The van der Waals surface area contributed by atoms with E-state index in [0.29, 0.717) is 12.0 Å². The Labute approximate surface area is 232 Å².